The first-order valence-electron chi connectivity index (χ1n) is 4.99. The molecule has 0 aliphatic heterocycles. The molecule has 3 N–H and O–H groups in total. The van der Waals surface area contributed by atoms with Crippen molar-refractivity contribution in [3.05, 3.63) is 12.7 Å². The van der Waals surface area contributed by atoms with Gasteiger partial charge in [0.1, 0.15) is 0 Å². The maximum atomic E-state index is 10.3. The lowest BCUT2D eigenvalue weighted by molar-refractivity contribution is -0.141. The van der Waals surface area contributed by atoms with E-state index in [2.05, 4.69) is 6.58 Å². The van der Waals surface area contributed by atoms with Gasteiger partial charge in [0, 0.05) is 18.9 Å². The fourth-order valence-electron chi connectivity index (χ4n) is 0.953. The van der Waals surface area contributed by atoms with E-state index in [1.54, 1.807) is 13.8 Å². The Morgan fingerprint density at radius 3 is 1.35 bits per heavy atom. The fourth-order valence-corrected chi connectivity index (χ4v) is 0.953. The van der Waals surface area contributed by atoms with E-state index in [0.717, 1.165) is 6.08 Å². The summed E-state index contributed by atoms with van der Waals surface area (Å²) in [7, 11) is 0. The average molecular weight is 246 g/mol. The maximum Gasteiger partial charge on any atom is 0.327 e. The summed E-state index contributed by atoms with van der Waals surface area (Å²) < 4.78 is 0. The number of carboxylic acid groups (broad SMARTS) is 3. The lowest BCUT2D eigenvalue weighted by Crippen LogP contribution is -2.16. The van der Waals surface area contributed by atoms with E-state index in [4.69, 9.17) is 15.3 Å². The highest BCUT2D eigenvalue weighted by atomic mass is 16.4. The molecule has 0 spiro atoms. The van der Waals surface area contributed by atoms with Gasteiger partial charge in [-0.05, 0) is 11.8 Å². The normalized spacial score (nSPS) is 12.6. The van der Waals surface area contributed by atoms with Crippen molar-refractivity contribution in [3.8, 4) is 0 Å². The Morgan fingerprint density at radius 1 is 1.00 bits per heavy atom. The predicted octanol–water partition coefficient (Wildman–Crippen LogP) is 1.47. The monoisotopic (exact) mass is 246 g/mol. The van der Waals surface area contributed by atoms with Crippen LogP contribution in [0.25, 0.3) is 0 Å². The smallest absolute Gasteiger partial charge is 0.327 e. The van der Waals surface area contributed by atoms with Crippen LogP contribution in [0.2, 0.25) is 0 Å². The van der Waals surface area contributed by atoms with E-state index in [0.29, 0.717) is 0 Å². The van der Waals surface area contributed by atoms with Gasteiger partial charge in [0.15, 0.2) is 0 Å². The van der Waals surface area contributed by atoms with Gasteiger partial charge in [-0.15, -0.1) is 0 Å². The summed E-state index contributed by atoms with van der Waals surface area (Å²) in [5.74, 6) is -2.90. The highest BCUT2D eigenvalue weighted by molar-refractivity contribution is 5.78. The minimum absolute atomic E-state index is 0.0362. The standard InChI is InChI=1S/C8H14O4.C3H4O2/c1-5(3-7(9)10)6(2)4-8(11)12;1-2-3(4)5/h5-6H,3-4H2,1-2H3,(H,9,10)(H,11,12);2H,1H2,(H,4,5). The Kier molecular flexibility index (Phi) is 9.68. The molecule has 6 nitrogen and oxygen atoms in total. The van der Waals surface area contributed by atoms with E-state index in [-0.39, 0.29) is 24.7 Å². The Hall–Kier alpha value is -1.85. The molecule has 0 rings (SSSR count). The Balaban J connectivity index is 0. The van der Waals surface area contributed by atoms with Crippen molar-refractivity contribution in [2.75, 3.05) is 0 Å². The molecule has 0 saturated heterocycles. The van der Waals surface area contributed by atoms with Crippen molar-refractivity contribution in [1.82, 2.24) is 0 Å². The molecule has 0 fully saturated rings. The van der Waals surface area contributed by atoms with E-state index in [1.165, 1.54) is 0 Å². The third-order valence-electron chi connectivity index (χ3n) is 2.14. The first-order valence-corrected chi connectivity index (χ1v) is 4.99. The van der Waals surface area contributed by atoms with Crippen LogP contribution in [-0.2, 0) is 14.4 Å². The van der Waals surface area contributed by atoms with Crippen LogP contribution < -0.4 is 0 Å². The molecule has 0 heterocycles. The van der Waals surface area contributed by atoms with Gasteiger partial charge in [-0.1, -0.05) is 20.4 Å². The number of aliphatic carboxylic acids is 3. The lowest BCUT2D eigenvalue weighted by atomic mass is 9.90. The Morgan fingerprint density at radius 2 is 1.24 bits per heavy atom. The largest absolute Gasteiger partial charge is 0.481 e. The van der Waals surface area contributed by atoms with Crippen molar-refractivity contribution >= 4 is 17.9 Å². The van der Waals surface area contributed by atoms with Gasteiger partial charge in [-0.2, -0.15) is 0 Å². The van der Waals surface area contributed by atoms with E-state index >= 15 is 0 Å². The highest BCUT2D eigenvalue weighted by Crippen LogP contribution is 2.18. The number of hydrogen-bond acceptors (Lipinski definition) is 3. The number of rotatable bonds is 6. The van der Waals surface area contributed by atoms with Crippen LogP contribution >= 0.6 is 0 Å². The van der Waals surface area contributed by atoms with Gasteiger partial charge in [0.2, 0.25) is 0 Å². The van der Waals surface area contributed by atoms with E-state index in [1.807, 2.05) is 0 Å². The topological polar surface area (TPSA) is 112 Å². The first kappa shape index (κ1) is 17.5. The summed E-state index contributed by atoms with van der Waals surface area (Å²) in [5.41, 5.74) is 0. The van der Waals surface area contributed by atoms with E-state index < -0.39 is 17.9 Å². The molecule has 0 aromatic rings. The summed E-state index contributed by atoms with van der Waals surface area (Å²) in [5, 5.41) is 24.4. The molecular weight excluding hydrogens is 228 g/mol. The van der Waals surface area contributed by atoms with Crippen LogP contribution in [-0.4, -0.2) is 33.2 Å². The van der Waals surface area contributed by atoms with Gasteiger partial charge in [-0.3, -0.25) is 9.59 Å². The van der Waals surface area contributed by atoms with Gasteiger partial charge < -0.3 is 15.3 Å². The SMILES string of the molecule is C=CC(=O)O.CC(CC(=O)O)C(C)CC(=O)O. The molecule has 0 aliphatic rings. The molecule has 0 radical (unpaired) electrons. The number of hydrogen-bond donors (Lipinski definition) is 3. The molecule has 17 heavy (non-hydrogen) atoms. The molecule has 98 valence electrons. The molecule has 0 bridgehead atoms. The third-order valence-corrected chi connectivity index (χ3v) is 2.14. The van der Waals surface area contributed by atoms with Gasteiger partial charge in [0.05, 0.1) is 0 Å². The Bertz CT molecular complexity index is 264. The lowest BCUT2D eigenvalue weighted by Gasteiger charge is -2.15. The minimum atomic E-state index is -0.981. The van der Waals surface area contributed by atoms with Gasteiger partial charge in [-0.25, -0.2) is 4.79 Å². The zero-order chi connectivity index (χ0) is 14.0. The minimum Gasteiger partial charge on any atom is -0.481 e. The van der Waals surface area contributed by atoms with Crippen molar-refractivity contribution in [2.24, 2.45) is 11.8 Å². The van der Waals surface area contributed by atoms with Crippen LogP contribution in [0.1, 0.15) is 26.7 Å². The number of carboxylic acids is 3. The summed E-state index contributed by atoms with van der Waals surface area (Å²) >= 11 is 0. The van der Waals surface area contributed by atoms with Crippen molar-refractivity contribution in [3.63, 3.8) is 0 Å². The zero-order valence-electron chi connectivity index (χ0n) is 9.92. The van der Waals surface area contributed by atoms with Crippen LogP contribution in [0.15, 0.2) is 12.7 Å². The quantitative estimate of drug-likeness (QED) is 0.612. The van der Waals surface area contributed by atoms with Crippen molar-refractivity contribution in [2.45, 2.75) is 26.7 Å². The average Bonchev–Trinajstić information content (AvgIpc) is 2.16. The Labute approximate surface area is 99.6 Å². The van der Waals surface area contributed by atoms with Crippen LogP contribution in [0, 0.1) is 11.8 Å². The molecule has 0 aromatic heterocycles. The molecule has 0 aromatic carbocycles. The first-order chi connectivity index (χ1) is 7.70. The molecule has 0 amide bonds. The summed E-state index contributed by atoms with van der Waals surface area (Å²) in [4.78, 5) is 29.8. The van der Waals surface area contributed by atoms with Gasteiger partial charge in [0.25, 0.3) is 0 Å². The van der Waals surface area contributed by atoms with E-state index in [9.17, 15) is 14.4 Å². The van der Waals surface area contributed by atoms with Crippen LogP contribution in [0.5, 0.6) is 0 Å². The van der Waals surface area contributed by atoms with Crippen molar-refractivity contribution in [1.29, 1.82) is 0 Å². The summed E-state index contributed by atoms with van der Waals surface area (Å²) in [6.07, 6.45) is 0.906. The third kappa shape index (κ3) is 14.2. The second-order valence-electron chi connectivity index (χ2n) is 3.69. The number of carbonyl (C=O) groups is 3. The highest BCUT2D eigenvalue weighted by Gasteiger charge is 2.17. The zero-order valence-corrected chi connectivity index (χ0v) is 9.92. The molecule has 0 aliphatic carbocycles. The second-order valence-corrected chi connectivity index (χ2v) is 3.69. The molecule has 0 saturated carbocycles. The molecule has 6 heteroatoms. The maximum absolute atomic E-state index is 10.3. The fraction of sp³-hybridized carbons (Fsp3) is 0.545. The summed E-state index contributed by atoms with van der Waals surface area (Å²) in [6.45, 7) is 6.46. The van der Waals surface area contributed by atoms with Crippen molar-refractivity contribution < 1.29 is 29.7 Å². The molecule has 2 atom stereocenters. The van der Waals surface area contributed by atoms with Crippen LogP contribution in [0.4, 0.5) is 0 Å². The van der Waals surface area contributed by atoms with Gasteiger partial charge >= 0.3 is 17.9 Å². The molecular formula is C11H18O6. The predicted molar refractivity (Wildman–Crippen MR) is 60.7 cm³/mol. The second kappa shape index (κ2) is 9.38. The molecule has 2 unspecified atom stereocenters. The van der Waals surface area contributed by atoms with Crippen LogP contribution in [0.3, 0.4) is 0 Å². The summed E-state index contributed by atoms with van der Waals surface area (Å²) in [6, 6.07) is 0.